The van der Waals surface area contributed by atoms with E-state index in [0.29, 0.717) is 35.0 Å². The van der Waals surface area contributed by atoms with E-state index < -0.39 is 0 Å². The number of carbonyl (C=O) groups excluding carboxylic acids is 2. The molecule has 1 aromatic carbocycles. The van der Waals surface area contributed by atoms with Gasteiger partial charge in [-0.05, 0) is 37.6 Å². The Morgan fingerprint density at radius 2 is 2.09 bits per heavy atom. The summed E-state index contributed by atoms with van der Waals surface area (Å²) in [5.41, 5.74) is 7.86. The molecule has 0 aliphatic carbocycles. The number of thiazole rings is 1. The number of aryl methyl sites for hydroxylation is 1. The molecule has 22 heavy (non-hydrogen) atoms. The van der Waals surface area contributed by atoms with Crippen molar-refractivity contribution < 1.29 is 9.59 Å². The van der Waals surface area contributed by atoms with Crippen molar-refractivity contribution in [1.82, 2.24) is 10.3 Å². The number of carbonyl (C=O) groups is 2. The summed E-state index contributed by atoms with van der Waals surface area (Å²) in [6, 6.07) is 5.14. The monoisotopic (exact) mass is 318 g/mol. The number of anilines is 1. The number of aromatic nitrogens is 1. The van der Waals surface area contributed by atoms with E-state index in [1.807, 2.05) is 13.8 Å². The SMILES string of the molecule is CCNC(=O)c1ccc(NC(=O)c2csc(CN)n2)c(C)c1. The van der Waals surface area contributed by atoms with Crippen LogP contribution in [0.25, 0.3) is 0 Å². The molecule has 0 aliphatic heterocycles. The highest BCUT2D eigenvalue weighted by Gasteiger charge is 2.13. The third-order valence-corrected chi connectivity index (χ3v) is 3.90. The van der Waals surface area contributed by atoms with Gasteiger partial charge in [0, 0.05) is 29.7 Å². The van der Waals surface area contributed by atoms with Crippen LogP contribution in [0.15, 0.2) is 23.6 Å². The lowest BCUT2D eigenvalue weighted by Crippen LogP contribution is -2.22. The lowest BCUT2D eigenvalue weighted by molar-refractivity contribution is 0.0955. The predicted molar refractivity (Wildman–Crippen MR) is 87.1 cm³/mol. The van der Waals surface area contributed by atoms with Crippen molar-refractivity contribution in [2.75, 3.05) is 11.9 Å². The van der Waals surface area contributed by atoms with Gasteiger partial charge in [-0.3, -0.25) is 9.59 Å². The van der Waals surface area contributed by atoms with Gasteiger partial charge in [0.1, 0.15) is 10.7 Å². The number of rotatable bonds is 5. The van der Waals surface area contributed by atoms with Gasteiger partial charge in [0.25, 0.3) is 11.8 Å². The van der Waals surface area contributed by atoms with Crippen LogP contribution in [0.2, 0.25) is 0 Å². The summed E-state index contributed by atoms with van der Waals surface area (Å²) in [6.07, 6.45) is 0. The van der Waals surface area contributed by atoms with Crippen molar-refractivity contribution in [3.8, 4) is 0 Å². The number of nitrogens with two attached hydrogens (primary N) is 1. The summed E-state index contributed by atoms with van der Waals surface area (Å²) in [4.78, 5) is 28.0. The fourth-order valence-electron chi connectivity index (χ4n) is 1.90. The van der Waals surface area contributed by atoms with Crippen LogP contribution in [0.3, 0.4) is 0 Å². The molecular formula is C15H18N4O2S. The Kier molecular flexibility index (Phi) is 5.24. The van der Waals surface area contributed by atoms with E-state index in [4.69, 9.17) is 5.73 Å². The van der Waals surface area contributed by atoms with Gasteiger partial charge in [-0.2, -0.15) is 0 Å². The third kappa shape index (κ3) is 3.69. The minimum absolute atomic E-state index is 0.129. The van der Waals surface area contributed by atoms with Gasteiger partial charge < -0.3 is 16.4 Å². The second-order valence-electron chi connectivity index (χ2n) is 4.67. The molecule has 0 unspecified atom stereocenters. The molecule has 0 atom stereocenters. The summed E-state index contributed by atoms with van der Waals surface area (Å²) >= 11 is 1.35. The Balaban J connectivity index is 2.12. The first-order valence-electron chi connectivity index (χ1n) is 6.89. The summed E-state index contributed by atoms with van der Waals surface area (Å²) in [7, 11) is 0. The van der Waals surface area contributed by atoms with Crippen LogP contribution in [0, 0.1) is 6.92 Å². The molecule has 2 rings (SSSR count). The van der Waals surface area contributed by atoms with Gasteiger partial charge in [0.2, 0.25) is 0 Å². The maximum absolute atomic E-state index is 12.1. The second-order valence-corrected chi connectivity index (χ2v) is 5.62. The first-order valence-corrected chi connectivity index (χ1v) is 7.77. The molecule has 116 valence electrons. The van der Waals surface area contributed by atoms with Crippen molar-refractivity contribution >= 4 is 28.8 Å². The van der Waals surface area contributed by atoms with E-state index in [-0.39, 0.29) is 11.8 Å². The number of amides is 2. The molecule has 4 N–H and O–H groups in total. The minimum atomic E-state index is -0.287. The molecule has 0 radical (unpaired) electrons. The molecule has 1 aromatic heterocycles. The zero-order chi connectivity index (χ0) is 16.1. The maximum Gasteiger partial charge on any atom is 0.275 e. The summed E-state index contributed by atoms with van der Waals surface area (Å²) < 4.78 is 0. The first kappa shape index (κ1) is 16.1. The number of hydrogen-bond acceptors (Lipinski definition) is 5. The van der Waals surface area contributed by atoms with E-state index in [0.717, 1.165) is 5.56 Å². The van der Waals surface area contributed by atoms with Crippen LogP contribution in [-0.2, 0) is 6.54 Å². The zero-order valence-electron chi connectivity index (χ0n) is 12.5. The van der Waals surface area contributed by atoms with Crippen molar-refractivity contribution in [3.63, 3.8) is 0 Å². The van der Waals surface area contributed by atoms with E-state index in [9.17, 15) is 9.59 Å². The molecule has 7 heteroatoms. The van der Waals surface area contributed by atoms with Gasteiger partial charge in [-0.25, -0.2) is 4.98 Å². The Bertz CT molecular complexity index is 697. The van der Waals surface area contributed by atoms with Crippen molar-refractivity contribution in [3.05, 3.63) is 45.4 Å². The van der Waals surface area contributed by atoms with Gasteiger partial charge in [0.05, 0.1) is 0 Å². The Hall–Kier alpha value is -2.25. The summed E-state index contributed by atoms with van der Waals surface area (Å²) in [6.45, 7) is 4.59. The largest absolute Gasteiger partial charge is 0.352 e. The van der Waals surface area contributed by atoms with Gasteiger partial charge in [0.15, 0.2) is 0 Å². The van der Waals surface area contributed by atoms with Gasteiger partial charge in [-0.1, -0.05) is 0 Å². The molecule has 2 amide bonds. The lowest BCUT2D eigenvalue weighted by Gasteiger charge is -2.09. The predicted octanol–water partition coefficient (Wildman–Crippen LogP) is 1.91. The van der Waals surface area contributed by atoms with Crippen LogP contribution in [0.1, 0.15) is 38.3 Å². The molecular weight excluding hydrogens is 300 g/mol. The fraction of sp³-hybridized carbons (Fsp3) is 0.267. The number of nitrogens with one attached hydrogen (secondary N) is 2. The number of benzene rings is 1. The number of hydrogen-bond donors (Lipinski definition) is 3. The van der Waals surface area contributed by atoms with Crippen LogP contribution in [0.4, 0.5) is 5.69 Å². The standard InChI is InChI=1S/C15H18N4O2S/c1-3-17-14(20)10-4-5-11(9(2)6-10)19-15(21)12-8-22-13(7-16)18-12/h4-6,8H,3,7,16H2,1-2H3,(H,17,20)(H,19,21). The Morgan fingerprint density at radius 3 is 2.68 bits per heavy atom. The van der Waals surface area contributed by atoms with E-state index in [2.05, 4.69) is 15.6 Å². The molecule has 0 saturated carbocycles. The first-order chi connectivity index (χ1) is 10.5. The number of nitrogens with zero attached hydrogens (tertiary/aromatic N) is 1. The van der Waals surface area contributed by atoms with Crippen molar-refractivity contribution in [2.24, 2.45) is 5.73 Å². The van der Waals surface area contributed by atoms with E-state index in [1.165, 1.54) is 11.3 Å². The smallest absolute Gasteiger partial charge is 0.275 e. The maximum atomic E-state index is 12.1. The zero-order valence-corrected chi connectivity index (χ0v) is 13.3. The van der Waals surface area contributed by atoms with E-state index in [1.54, 1.807) is 23.6 Å². The molecule has 0 fully saturated rings. The molecule has 0 saturated heterocycles. The Labute approximate surface area is 132 Å². The van der Waals surface area contributed by atoms with Crippen LogP contribution < -0.4 is 16.4 Å². The molecule has 0 bridgehead atoms. The molecule has 0 spiro atoms. The van der Waals surface area contributed by atoms with Gasteiger partial charge >= 0.3 is 0 Å². The van der Waals surface area contributed by atoms with Gasteiger partial charge in [-0.15, -0.1) is 11.3 Å². The lowest BCUT2D eigenvalue weighted by atomic mass is 10.1. The van der Waals surface area contributed by atoms with Crippen molar-refractivity contribution in [1.29, 1.82) is 0 Å². The molecule has 2 aromatic rings. The normalized spacial score (nSPS) is 10.3. The second kappa shape index (κ2) is 7.15. The average Bonchev–Trinajstić information content (AvgIpc) is 2.98. The van der Waals surface area contributed by atoms with Crippen molar-refractivity contribution in [2.45, 2.75) is 20.4 Å². The summed E-state index contributed by atoms with van der Waals surface area (Å²) in [5.74, 6) is -0.416. The highest BCUT2D eigenvalue weighted by Crippen LogP contribution is 2.18. The van der Waals surface area contributed by atoms with Crippen LogP contribution in [0.5, 0.6) is 0 Å². The van der Waals surface area contributed by atoms with E-state index >= 15 is 0 Å². The fourth-order valence-corrected chi connectivity index (χ4v) is 2.56. The average molecular weight is 318 g/mol. The Morgan fingerprint density at radius 1 is 1.32 bits per heavy atom. The highest BCUT2D eigenvalue weighted by atomic mass is 32.1. The summed E-state index contributed by atoms with van der Waals surface area (Å²) in [5, 5.41) is 7.93. The quantitative estimate of drug-likeness (QED) is 0.784. The molecule has 6 nitrogen and oxygen atoms in total. The highest BCUT2D eigenvalue weighted by molar-refractivity contribution is 7.09. The van der Waals surface area contributed by atoms with Crippen LogP contribution in [-0.4, -0.2) is 23.3 Å². The minimum Gasteiger partial charge on any atom is -0.352 e. The van der Waals surface area contributed by atoms with Crippen LogP contribution >= 0.6 is 11.3 Å². The molecule has 0 aliphatic rings. The topological polar surface area (TPSA) is 97.1 Å². The molecule has 1 heterocycles. The third-order valence-electron chi connectivity index (χ3n) is 3.03.